The van der Waals surface area contributed by atoms with Crippen molar-refractivity contribution in [1.82, 2.24) is 127 Å². The minimum absolute atomic E-state index is 0.0109. The lowest BCUT2D eigenvalue weighted by molar-refractivity contribution is 0.101. The van der Waals surface area contributed by atoms with Crippen LogP contribution in [-0.4, -0.2) is 151 Å². The molecule has 125 heavy (non-hydrogen) atoms. The van der Waals surface area contributed by atoms with Crippen LogP contribution < -0.4 is 11.2 Å². The molecule has 0 bridgehead atoms. The standard InChI is InChI=1S/C18H16F2N8O.C17H13F2N5O.C15H10ClF2N5O.C15H10ClF2N5.C8H6F2N2.C7H4ClN3O/c1-9(24-25-18(21)29)14-3-4-16-22-7-10(28(16)26-14)5-11-13(19)6-15-12(17(11)20)8-23-27(15)2;1-9(25)14-3-4-16-20-7-10(24(16)22-14)5-11-13(18)6-15-12(17(11)19)8-21-23(15)2;1-22-9-4-8(17)13(14(18)7(9)5-20-22)15(24)10-6-19-12-3-2-11(16)21-23(10)12;1-22-12-5-11(17)9(15(18)10(12)7-20-22)4-8-6-19-14-3-2-13(16)21-23(8)14;1-12-8-3-5(9)2-7(10)6(8)4-11-12;8-6-1-2-7-9-3-5(4-12)11(7)10-6/h3-4,6-8H,5H2,1-2H3,(H3,21,25,29);3-4,6-8H,5H2,1-2H3;2-6,15,24H,1H3;2-3,5-7H,4H2,1H3;2-4H,1H3;1-4H/b24-9+;;;;;. The minimum Gasteiger partial charge on any atom is -0.382 e. The SMILES string of the molecule is C/C(=N\NC(N)=O)c1ccc2ncc(Cc3c(F)cc4c(cnn4C)c3F)n2n1.CC(=O)c1ccc2ncc(Cc3c(F)cc4c(cnn4C)c3F)n2n1.Cn1ncc2c(F)c(C(O)c3cnc4ccc(Cl)nn34)c(F)cc21.Cn1ncc2c(F)c(Cc3cnc4ccc(Cl)nn34)c(F)cc21.Cn1ncc2c(F)cc(F)cc21.O=Cc1cnc2ccc(Cl)nn12. The van der Waals surface area contributed by atoms with E-state index in [-0.39, 0.29) is 85.0 Å². The number of nitrogens with one attached hydrogen (secondary N) is 1. The van der Waals surface area contributed by atoms with Crippen molar-refractivity contribution in [1.29, 1.82) is 0 Å². The number of nitrogens with two attached hydrogens (primary N) is 1. The molecule has 45 heteroatoms. The van der Waals surface area contributed by atoms with E-state index in [1.54, 1.807) is 96.8 Å². The van der Waals surface area contributed by atoms with Crippen LogP contribution in [-0.2, 0) is 54.5 Å². The molecule has 20 rings (SSSR count). The Morgan fingerprint density at radius 2 is 0.776 bits per heavy atom. The highest BCUT2D eigenvalue weighted by molar-refractivity contribution is 6.30. The van der Waals surface area contributed by atoms with Gasteiger partial charge < -0.3 is 10.8 Å². The van der Waals surface area contributed by atoms with Crippen molar-refractivity contribution in [2.45, 2.75) is 39.2 Å². The number of hydrazone groups is 1. The molecule has 20 aromatic rings. The summed E-state index contributed by atoms with van der Waals surface area (Å²) >= 11 is 17.3. The van der Waals surface area contributed by atoms with Crippen molar-refractivity contribution in [2.75, 3.05) is 0 Å². The van der Waals surface area contributed by atoms with Gasteiger partial charge in [0.1, 0.15) is 96.8 Å². The fourth-order valence-corrected chi connectivity index (χ4v) is 13.7. The number of aromatic nitrogens is 25. The lowest BCUT2D eigenvalue weighted by Crippen LogP contribution is -2.25. The summed E-state index contributed by atoms with van der Waals surface area (Å²) in [6.07, 6.45) is 13.1. The number of halogens is 13. The zero-order valence-corrected chi connectivity index (χ0v) is 67.8. The van der Waals surface area contributed by atoms with Crippen LogP contribution in [0, 0.1) is 58.2 Å². The number of nitrogens with zero attached hydrogens (tertiary/aromatic N) is 26. The molecule has 634 valence electrons. The Bertz CT molecular complexity index is 7700. The van der Waals surface area contributed by atoms with Crippen LogP contribution in [0.4, 0.5) is 48.7 Å². The highest BCUT2D eigenvalue weighted by Crippen LogP contribution is 2.34. The van der Waals surface area contributed by atoms with Gasteiger partial charge in [-0.3, -0.25) is 33.0 Å². The van der Waals surface area contributed by atoms with E-state index in [0.717, 1.165) is 12.1 Å². The molecule has 4 N–H and O–H groups in total. The second kappa shape index (κ2) is 34.8. The molecule has 1 atom stereocenters. The molecular formula is C80H59Cl3F10N28O4. The first-order valence-corrected chi connectivity index (χ1v) is 37.8. The molecule has 0 aliphatic carbocycles. The summed E-state index contributed by atoms with van der Waals surface area (Å²) < 4.78 is 157. The minimum atomic E-state index is -1.60. The zero-order chi connectivity index (χ0) is 88.8. The number of ketones is 1. The second-order valence-corrected chi connectivity index (χ2v) is 28.7. The van der Waals surface area contributed by atoms with Gasteiger partial charge >= 0.3 is 6.03 Å². The summed E-state index contributed by atoms with van der Waals surface area (Å²) in [6.45, 7) is 3.04. The van der Waals surface area contributed by atoms with Gasteiger partial charge in [0.05, 0.1) is 151 Å². The molecule has 0 saturated carbocycles. The number of fused-ring (bicyclic) bond motifs is 10. The summed E-state index contributed by atoms with van der Waals surface area (Å²) in [7, 11) is 8.10. The van der Waals surface area contributed by atoms with Gasteiger partial charge in [-0.05, 0) is 73.7 Å². The van der Waals surface area contributed by atoms with Gasteiger partial charge in [0.15, 0.2) is 40.3 Å². The maximum Gasteiger partial charge on any atom is 0.332 e. The van der Waals surface area contributed by atoms with Crippen LogP contribution in [0.2, 0.25) is 15.5 Å². The lowest BCUT2D eigenvalue weighted by atomic mass is 10.0. The fourth-order valence-electron chi connectivity index (χ4n) is 13.3. The summed E-state index contributed by atoms with van der Waals surface area (Å²) in [5, 5.41) is 56.6. The van der Waals surface area contributed by atoms with Crippen molar-refractivity contribution >= 4 is 141 Å². The lowest BCUT2D eigenvalue weighted by Gasteiger charge is -2.13. The Labute approximate surface area is 708 Å². The predicted octanol–water partition coefficient (Wildman–Crippen LogP) is 13.4. The number of aliphatic hydroxyl groups is 1. The number of imidazole rings is 5. The number of hydrogen-bond donors (Lipinski definition) is 3. The number of hydrogen-bond acceptors (Lipinski definition) is 20. The van der Waals surface area contributed by atoms with Gasteiger partial charge in [0.2, 0.25) is 0 Å². The summed E-state index contributed by atoms with van der Waals surface area (Å²) in [5.41, 5.74) is 14.0. The van der Waals surface area contributed by atoms with E-state index in [1.165, 1.54) is 145 Å². The van der Waals surface area contributed by atoms with Crippen LogP contribution in [0.15, 0.2) is 164 Å². The van der Waals surface area contributed by atoms with Crippen molar-refractivity contribution in [3.63, 3.8) is 0 Å². The van der Waals surface area contributed by atoms with Crippen LogP contribution >= 0.6 is 34.8 Å². The number of carbonyl (C=O) groups excluding carboxylic acids is 3. The molecule has 0 fully saturated rings. The number of aldehydes is 1. The molecule has 0 saturated heterocycles. The number of aliphatic hydroxyl groups excluding tert-OH is 1. The van der Waals surface area contributed by atoms with E-state index in [9.17, 15) is 63.4 Å². The van der Waals surface area contributed by atoms with Gasteiger partial charge in [0, 0.05) is 108 Å². The van der Waals surface area contributed by atoms with Crippen molar-refractivity contribution in [3.05, 3.63) is 295 Å². The van der Waals surface area contributed by atoms with Crippen LogP contribution in [0.5, 0.6) is 0 Å². The monoisotopic (exact) mass is 1770 g/mol. The van der Waals surface area contributed by atoms with Gasteiger partial charge in [-0.2, -0.15) is 56.1 Å². The fraction of sp³-hybridized carbons (Fsp3) is 0.138. The third-order valence-corrected chi connectivity index (χ3v) is 20.3. The van der Waals surface area contributed by atoms with Gasteiger partial charge in [-0.1, -0.05) is 34.8 Å². The van der Waals surface area contributed by atoms with Crippen LogP contribution in [0.25, 0.3) is 82.8 Å². The molecule has 0 spiro atoms. The maximum atomic E-state index is 14.9. The second-order valence-electron chi connectivity index (χ2n) is 27.6. The number of amides is 2. The quantitative estimate of drug-likeness (QED) is 0.0336. The smallest absolute Gasteiger partial charge is 0.332 e. The molecule has 2 amide bonds. The Morgan fingerprint density at radius 1 is 0.424 bits per heavy atom. The normalized spacial score (nSPS) is 11.8. The summed E-state index contributed by atoms with van der Waals surface area (Å²) in [6, 6.07) is 22.5. The average molecular weight is 1770 g/mol. The highest BCUT2D eigenvalue weighted by Gasteiger charge is 2.28. The molecule has 15 heterocycles. The van der Waals surface area contributed by atoms with Crippen LogP contribution in [0.3, 0.4) is 0 Å². The van der Waals surface area contributed by atoms with E-state index in [4.69, 9.17) is 40.5 Å². The highest BCUT2D eigenvalue weighted by atomic mass is 35.5. The number of rotatable bonds is 12. The van der Waals surface area contributed by atoms with Crippen molar-refractivity contribution in [2.24, 2.45) is 46.1 Å². The molecule has 1 unspecified atom stereocenters. The molecule has 0 radical (unpaired) electrons. The van der Waals surface area contributed by atoms with Crippen molar-refractivity contribution < 1.29 is 63.4 Å². The van der Waals surface area contributed by atoms with Crippen LogP contribution in [0.1, 0.15) is 91.7 Å². The van der Waals surface area contributed by atoms with Gasteiger partial charge in [0.25, 0.3) is 0 Å². The summed E-state index contributed by atoms with van der Waals surface area (Å²) in [5.74, 6) is -7.00. The van der Waals surface area contributed by atoms with E-state index >= 15 is 0 Å². The molecule has 32 nitrogen and oxygen atoms in total. The number of urea groups is 1. The largest absolute Gasteiger partial charge is 0.382 e. The molecular weight excluding hydrogens is 1710 g/mol. The Morgan fingerprint density at radius 3 is 1.22 bits per heavy atom. The molecule has 0 aliphatic heterocycles. The summed E-state index contributed by atoms with van der Waals surface area (Å²) in [4.78, 5) is 53.3. The maximum absolute atomic E-state index is 14.9. The first-order valence-electron chi connectivity index (χ1n) is 36.6. The topological polar surface area (TPSA) is 362 Å². The van der Waals surface area contributed by atoms with E-state index < -0.39 is 75.9 Å². The molecule has 0 aliphatic rings. The average Bonchev–Trinajstić information content (AvgIpc) is 1.64. The van der Waals surface area contributed by atoms with E-state index in [0.29, 0.717) is 107 Å². The molecule has 15 aromatic heterocycles. The van der Waals surface area contributed by atoms with E-state index in [2.05, 4.69) is 86.4 Å². The third-order valence-electron chi connectivity index (χ3n) is 19.7. The first-order chi connectivity index (χ1) is 59.8. The van der Waals surface area contributed by atoms with Gasteiger partial charge in [-0.25, -0.2) is 102 Å². The number of Topliss-reactive ketones (excluding diaryl/α,β-unsaturated/α-hetero) is 1. The predicted molar refractivity (Wildman–Crippen MR) is 436 cm³/mol. The first kappa shape index (κ1) is 85.0. The Kier molecular flexibility index (Phi) is 23.7. The van der Waals surface area contributed by atoms with E-state index in [1.807, 2.05) is 0 Å². The third kappa shape index (κ3) is 17.0. The number of benzene rings is 5. The Hall–Kier alpha value is -15.0. The molecule has 5 aromatic carbocycles. The zero-order valence-electron chi connectivity index (χ0n) is 65.6. The number of primary amides is 1. The van der Waals surface area contributed by atoms with Gasteiger partial charge in [-0.15, -0.1) is 0 Å². The van der Waals surface area contributed by atoms with Crippen molar-refractivity contribution in [3.8, 4) is 0 Å². The Balaban J connectivity index is 0.000000119. The number of aryl methyl sites for hydroxylation is 5. The number of carbonyl (C=O) groups is 3.